The molecule has 0 amide bonds. The Morgan fingerprint density at radius 1 is 1.23 bits per heavy atom. The van der Waals surface area contributed by atoms with Gasteiger partial charge in [-0.25, -0.2) is 22.7 Å². The van der Waals surface area contributed by atoms with E-state index in [9.17, 15) is 21.6 Å². The van der Waals surface area contributed by atoms with Crippen molar-refractivity contribution in [2.24, 2.45) is 5.92 Å². The molecule has 0 aliphatic carbocycles. The Bertz CT molecular complexity index is 894. The maximum Gasteiger partial charge on any atom is 0.433 e. The van der Waals surface area contributed by atoms with Crippen molar-refractivity contribution in [2.75, 3.05) is 31.2 Å². The minimum absolute atomic E-state index is 0.226. The zero-order valence-corrected chi connectivity index (χ0v) is 14.9. The van der Waals surface area contributed by atoms with Gasteiger partial charge in [0.05, 0.1) is 11.8 Å². The number of alkyl halides is 3. The van der Waals surface area contributed by atoms with Gasteiger partial charge in [0, 0.05) is 31.2 Å². The molecule has 3 heterocycles. The topological polar surface area (TPSA) is 75.2 Å². The van der Waals surface area contributed by atoms with Gasteiger partial charge < -0.3 is 5.32 Å². The van der Waals surface area contributed by atoms with E-state index in [1.807, 2.05) is 0 Å². The molecule has 1 N–H and O–H groups in total. The number of fused-ring (bicyclic) bond motifs is 1. The summed E-state index contributed by atoms with van der Waals surface area (Å²) >= 11 is 0. The zero-order valence-electron chi connectivity index (χ0n) is 14.1. The average Bonchev–Trinajstić information content (AvgIpc) is 2.58. The Balaban J connectivity index is 1.68. The van der Waals surface area contributed by atoms with Crippen LogP contribution in [0, 0.1) is 5.92 Å². The minimum Gasteiger partial charge on any atom is -0.369 e. The Hall–Kier alpha value is -1.94. The highest BCUT2D eigenvalue weighted by Crippen LogP contribution is 2.30. The summed E-state index contributed by atoms with van der Waals surface area (Å²) in [5, 5.41) is 3.69. The number of hydrogen-bond donors (Lipinski definition) is 1. The summed E-state index contributed by atoms with van der Waals surface area (Å²) in [6.07, 6.45) is -0.418. The molecule has 1 aliphatic heterocycles. The highest BCUT2D eigenvalue weighted by molar-refractivity contribution is 7.88. The number of rotatable bonds is 4. The number of nitrogens with zero attached hydrogens (tertiary/aromatic N) is 3. The molecular weight excluding hydrogens is 369 g/mol. The van der Waals surface area contributed by atoms with E-state index in [-0.39, 0.29) is 11.4 Å². The normalized spacial score (nSPS) is 17.5. The number of sulfonamides is 1. The summed E-state index contributed by atoms with van der Waals surface area (Å²) < 4.78 is 62.9. The molecule has 10 heteroatoms. The Morgan fingerprint density at radius 2 is 1.92 bits per heavy atom. The predicted octanol–water partition coefficient (Wildman–Crippen LogP) is 2.73. The fraction of sp³-hybridized carbons (Fsp3) is 0.500. The van der Waals surface area contributed by atoms with Crippen molar-refractivity contribution in [1.29, 1.82) is 0 Å². The largest absolute Gasteiger partial charge is 0.433 e. The molecule has 26 heavy (non-hydrogen) atoms. The van der Waals surface area contributed by atoms with E-state index in [0.29, 0.717) is 30.8 Å². The Morgan fingerprint density at radius 3 is 2.54 bits per heavy atom. The second kappa shape index (κ2) is 6.99. The molecule has 1 saturated heterocycles. The van der Waals surface area contributed by atoms with Crippen molar-refractivity contribution in [2.45, 2.75) is 19.0 Å². The number of piperidine rings is 1. The van der Waals surface area contributed by atoms with Gasteiger partial charge in [0.15, 0.2) is 0 Å². The lowest BCUT2D eigenvalue weighted by Gasteiger charge is -2.30. The molecule has 1 fully saturated rings. The number of hydrogen-bond acceptors (Lipinski definition) is 5. The van der Waals surface area contributed by atoms with Crippen LogP contribution >= 0.6 is 0 Å². The van der Waals surface area contributed by atoms with Gasteiger partial charge in [-0.2, -0.15) is 13.2 Å². The molecule has 3 rings (SSSR count). The van der Waals surface area contributed by atoms with Crippen LogP contribution in [0.2, 0.25) is 0 Å². The highest BCUT2D eigenvalue weighted by atomic mass is 32.2. The average molecular weight is 388 g/mol. The SMILES string of the molecule is CS(=O)(=O)N1CCC(CNc2nccc3nc(C(F)(F)F)ccc23)CC1. The predicted molar refractivity (Wildman–Crippen MR) is 92.2 cm³/mol. The highest BCUT2D eigenvalue weighted by Gasteiger charge is 2.32. The first-order valence-electron chi connectivity index (χ1n) is 8.16. The summed E-state index contributed by atoms with van der Waals surface area (Å²) in [6, 6.07) is 3.76. The summed E-state index contributed by atoms with van der Waals surface area (Å²) in [5.74, 6) is 0.752. The smallest absolute Gasteiger partial charge is 0.369 e. The fourth-order valence-electron chi connectivity index (χ4n) is 3.04. The van der Waals surface area contributed by atoms with Crippen molar-refractivity contribution in [3.05, 3.63) is 30.1 Å². The first-order valence-corrected chi connectivity index (χ1v) is 10.0. The molecule has 0 aromatic carbocycles. The van der Waals surface area contributed by atoms with Crippen molar-refractivity contribution in [3.8, 4) is 0 Å². The number of anilines is 1. The molecule has 0 saturated carbocycles. The second-order valence-electron chi connectivity index (χ2n) is 6.41. The molecule has 142 valence electrons. The third-order valence-electron chi connectivity index (χ3n) is 4.51. The van der Waals surface area contributed by atoms with Crippen LogP contribution in [0.4, 0.5) is 19.0 Å². The molecule has 2 aromatic heterocycles. The van der Waals surface area contributed by atoms with Gasteiger partial charge >= 0.3 is 6.18 Å². The first kappa shape index (κ1) is 18.8. The van der Waals surface area contributed by atoms with E-state index >= 15 is 0 Å². The van der Waals surface area contributed by atoms with Gasteiger partial charge in [0.2, 0.25) is 10.0 Å². The summed E-state index contributed by atoms with van der Waals surface area (Å²) in [4.78, 5) is 7.86. The van der Waals surface area contributed by atoms with E-state index in [0.717, 1.165) is 18.9 Å². The molecule has 0 spiro atoms. The van der Waals surface area contributed by atoms with Crippen molar-refractivity contribution >= 4 is 26.7 Å². The fourth-order valence-corrected chi connectivity index (χ4v) is 3.91. The molecular formula is C16H19F3N4O2S. The van der Waals surface area contributed by atoms with Crippen LogP contribution in [-0.4, -0.2) is 48.6 Å². The van der Waals surface area contributed by atoms with E-state index < -0.39 is 21.9 Å². The molecule has 0 radical (unpaired) electrons. The summed E-state index contributed by atoms with van der Waals surface area (Å²) in [5.41, 5.74) is -0.709. The molecule has 0 bridgehead atoms. The lowest BCUT2D eigenvalue weighted by atomic mass is 9.98. The van der Waals surface area contributed by atoms with Crippen molar-refractivity contribution < 1.29 is 21.6 Å². The standard InChI is InChI=1S/C16H19F3N4O2S/c1-26(24,25)23-8-5-11(6-9-23)10-21-15-12-2-3-14(16(17,18)19)22-13(12)4-7-20-15/h2-4,7,11H,5-6,8-10H2,1H3,(H,20,21). The molecule has 2 aromatic rings. The van der Waals surface area contributed by atoms with E-state index in [1.54, 1.807) is 0 Å². The number of halogens is 3. The van der Waals surface area contributed by atoms with Crippen LogP contribution in [0.25, 0.3) is 10.9 Å². The van der Waals surface area contributed by atoms with Gasteiger partial charge in [-0.05, 0) is 37.0 Å². The monoisotopic (exact) mass is 388 g/mol. The van der Waals surface area contributed by atoms with Crippen LogP contribution < -0.4 is 5.32 Å². The quantitative estimate of drug-likeness (QED) is 0.872. The lowest BCUT2D eigenvalue weighted by molar-refractivity contribution is -0.140. The maximum atomic E-state index is 12.8. The van der Waals surface area contributed by atoms with E-state index in [4.69, 9.17) is 0 Å². The van der Waals surface area contributed by atoms with Crippen molar-refractivity contribution in [1.82, 2.24) is 14.3 Å². The van der Waals surface area contributed by atoms with Gasteiger partial charge in [-0.3, -0.25) is 0 Å². The molecule has 6 nitrogen and oxygen atoms in total. The lowest BCUT2D eigenvalue weighted by Crippen LogP contribution is -2.39. The van der Waals surface area contributed by atoms with Gasteiger partial charge in [-0.1, -0.05) is 0 Å². The summed E-state index contributed by atoms with van der Waals surface area (Å²) in [7, 11) is -3.16. The number of aromatic nitrogens is 2. The first-order chi connectivity index (χ1) is 12.1. The van der Waals surface area contributed by atoms with E-state index in [2.05, 4.69) is 15.3 Å². The molecule has 0 atom stereocenters. The van der Waals surface area contributed by atoms with E-state index in [1.165, 1.54) is 28.9 Å². The Labute approximate surface area is 149 Å². The number of nitrogens with one attached hydrogen (secondary N) is 1. The van der Waals surface area contributed by atoms with Crippen LogP contribution in [0.15, 0.2) is 24.4 Å². The van der Waals surface area contributed by atoms with Crippen LogP contribution in [-0.2, 0) is 16.2 Å². The number of pyridine rings is 2. The molecule has 0 unspecified atom stereocenters. The van der Waals surface area contributed by atoms with Gasteiger partial charge in [0.1, 0.15) is 11.5 Å². The Kier molecular flexibility index (Phi) is 5.07. The summed E-state index contributed by atoms with van der Waals surface area (Å²) in [6.45, 7) is 1.53. The van der Waals surface area contributed by atoms with Crippen molar-refractivity contribution in [3.63, 3.8) is 0 Å². The third kappa shape index (κ3) is 4.24. The maximum absolute atomic E-state index is 12.8. The van der Waals surface area contributed by atoms with Crippen LogP contribution in [0.5, 0.6) is 0 Å². The van der Waals surface area contributed by atoms with Gasteiger partial charge in [-0.15, -0.1) is 0 Å². The zero-order chi connectivity index (χ0) is 18.9. The second-order valence-corrected chi connectivity index (χ2v) is 8.39. The third-order valence-corrected chi connectivity index (χ3v) is 5.81. The molecule has 1 aliphatic rings. The van der Waals surface area contributed by atoms with Crippen LogP contribution in [0.3, 0.4) is 0 Å². The minimum atomic E-state index is -4.49. The van der Waals surface area contributed by atoms with Crippen LogP contribution in [0.1, 0.15) is 18.5 Å². The van der Waals surface area contributed by atoms with Gasteiger partial charge in [0.25, 0.3) is 0 Å².